The molecule has 1 heterocycles. The lowest BCUT2D eigenvalue weighted by Crippen LogP contribution is -2.23. The van der Waals surface area contributed by atoms with Crippen LogP contribution in [0.2, 0.25) is 0 Å². The highest BCUT2D eigenvalue weighted by atomic mass is 15.2. The van der Waals surface area contributed by atoms with E-state index >= 15 is 0 Å². The molecular weight excluding hydrogens is 248 g/mol. The summed E-state index contributed by atoms with van der Waals surface area (Å²) in [5, 5.41) is 6.91. The van der Waals surface area contributed by atoms with Crippen molar-refractivity contribution in [2.24, 2.45) is 0 Å². The molecule has 112 valence electrons. The van der Waals surface area contributed by atoms with Crippen LogP contribution >= 0.6 is 0 Å². The van der Waals surface area contributed by atoms with E-state index in [2.05, 4.69) is 27.5 Å². The number of aryl methyl sites for hydroxylation is 1. The highest BCUT2D eigenvalue weighted by Gasteiger charge is 2.14. The second kappa shape index (κ2) is 8.08. The van der Waals surface area contributed by atoms with E-state index in [0.717, 1.165) is 24.0 Å². The van der Waals surface area contributed by atoms with Gasteiger partial charge in [0.15, 0.2) is 0 Å². The highest BCUT2D eigenvalue weighted by molar-refractivity contribution is 5.42. The molecule has 0 aliphatic heterocycles. The van der Waals surface area contributed by atoms with E-state index in [1.165, 1.54) is 51.4 Å². The second-order valence-electron chi connectivity index (χ2n) is 5.83. The third-order valence-electron chi connectivity index (χ3n) is 3.88. The molecule has 20 heavy (non-hydrogen) atoms. The summed E-state index contributed by atoms with van der Waals surface area (Å²) in [5.74, 6) is 1.74. The van der Waals surface area contributed by atoms with Gasteiger partial charge in [0.2, 0.25) is 5.95 Å². The van der Waals surface area contributed by atoms with Crippen LogP contribution in [0.15, 0.2) is 6.07 Å². The van der Waals surface area contributed by atoms with E-state index in [-0.39, 0.29) is 0 Å². The topological polar surface area (TPSA) is 49.8 Å². The van der Waals surface area contributed by atoms with E-state index < -0.39 is 0 Å². The molecule has 4 heteroatoms. The summed E-state index contributed by atoms with van der Waals surface area (Å²) < 4.78 is 0. The largest absolute Gasteiger partial charge is 0.370 e. The standard InChI is InChI=1S/C16H28N4/c1-3-4-8-11-17-15-12-13(2)18-16(20-15)19-14-9-6-5-7-10-14/h12,14H,3-11H2,1-2H3,(H2,17,18,19,20). The first-order valence-electron chi connectivity index (χ1n) is 8.14. The van der Waals surface area contributed by atoms with Crippen molar-refractivity contribution in [2.75, 3.05) is 17.2 Å². The second-order valence-corrected chi connectivity index (χ2v) is 5.83. The lowest BCUT2D eigenvalue weighted by atomic mass is 9.96. The lowest BCUT2D eigenvalue weighted by molar-refractivity contribution is 0.461. The zero-order valence-corrected chi connectivity index (χ0v) is 12.9. The molecule has 0 unspecified atom stereocenters. The van der Waals surface area contributed by atoms with Gasteiger partial charge in [-0.15, -0.1) is 0 Å². The maximum Gasteiger partial charge on any atom is 0.225 e. The van der Waals surface area contributed by atoms with E-state index in [1.807, 2.05) is 13.0 Å². The lowest BCUT2D eigenvalue weighted by Gasteiger charge is -2.23. The van der Waals surface area contributed by atoms with Gasteiger partial charge in [-0.25, -0.2) is 4.98 Å². The first kappa shape index (κ1) is 15.1. The summed E-state index contributed by atoms with van der Waals surface area (Å²) in [6.07, 6.45) is 10.2. The number of hydrogen-bond donors (Lipinski definition) is 2. The Balaban J connectivity index is 1.89. The fourth-order valence-electron chi connectivity index (χ4n) is 2.74. The van der Waals surface area contributed by atoms with Crippen LogP contribution in [0.1, 0.15) is 64.0 Å². The van der Waals surface area contributed by atoms with Crippen LogP contribution in [0, 0.1) is 6.92 Å². The zero-order chi connectivity index (χ0) is 14.2. The summed E-state index contributed by atoms with van der Waals surface area (Å²) in [6.45, 7) is 5.25. The number of anilines is 2. The Hall–Kier alpha value is -1.32. The number of hydrogen-bond acceptors (Lipinski definition) is 4. The third kappa shape index (κ3) is 4.99. The summed E-state index contributed by atoms with van der Waals surface area (Å²) in [7, 11) is 0. The Morgan fingerprint density at radius 1 is 1.15 bits per heavy atom. The first-order valence-corrected chi connectivity index (χ1v) is 8.14. The van der Waals surface area contributed by atoms with E-state index in [4.69, 9.17) is 0 Å². The SMILES string of the molecule is CCCCCNc1cc(C)nc(NC2CCCCC2)n1. The van der Waals surface area contributed by atoms with Gasteiger partial charge in [-0.2, -0.15) is 4.98 Å². The molecule has 0 spiro atoms. The van der Waals surface area contributed by atoms with Crippen molar-refractivity contribution >= 4 is 11.8 Å². The molecule has 1 aromatic rings. The van der Waals surface area contributed by atoms with Crippen molar-refractivity contribution in [2.45, 2.75) is 71.3 Å². The Morgan fingerprint density at radius 3 is 2.70 bits per heavy atom. The fourth-order valence-corrected chi connectivity index (χ4v) is 2.74. The van der Waals surface area contributed by atoms with Crippen LogP contribution in [0.4, 0.5) is 11.8 Å². The van der Waals surface area contributed by atoms with Gasteiger partial charge in [0.05, 0.1) is 0 Å². The Labute approximate surface area is 122 Å². The fraction of sp³-hybridized carbons (Fsp3) is 0.750. The molecule has 0 aromatic carbocycles. The monoisotopic (exact) mass is 276 g/mol. The van der Waals surface area contributed by atoms with Crippen molar-refractivity contribution in [3.8, 4) is 0 Å². The van der Waals surface area contributed by atoms with Crippen LogP contribution in [0.3, 0.4) is 0 Å². The number of nitrogens with zero attached hydrogens (tertiary/aromatic N) is 2. The van der Waals surface area contributed by atoms with Gasteiger partial charge < -0.3 is 10.6 Å². The summed E-state index contributed by atoms with van der Waals surface area (Å²) in [5.41, 5.74) is 1.02. The van der Waals surface area contributed by atoms with Gasteiger partial charge in [0, 0.05) is 24.3 Å². The minimum atomic E-state index is 0.554. The molecule has 4 nitrogen and oxygen atoms in total. The van der Waals surface area contributed by atoms with Crippen molar-refractivity contribution in [3.63, 3.8) is 0 Å². The molecule has 0 radical (unpaired) electrons. The van der Waals surface area contributed by atoms with Crippen LogP contribution in [-0.2, 0) is 0 Å². The number of aromatic nitrogens is 2. The number of rotatable bonds is 7. The van der Waals surface area contributed by atoms with Gasteiger partial charge in [-0.3, -0.25) is 0 Å². The summed E-state index contributed by atoms with van der Waals surface area (Å²) >= 11 is 0. The molecule has 1 saturated carbocycles. The maximum atomic E-state index is 4.59. The summed E-state index contributed by atoms with van der Waals surface area (Å²) in [4.78, 5) is 9.10. The van der Waals surface area contributed by atoms with Crippen LogP contribution in [-0.4, -0.2) is 22.6 Å². The van der Waals surface area contributed by atoms with Crippen molar-refractivity contribution in [1.82, 2.24) is 9.97 Å². The van der Waals surface area contributed by atoms with Gasteiger partial charge in [-0.1, -0.05) is 39.0 Å². The predicted octanol–water partition coefficient (Wildman–Crippen LogP) is 4.13. The molecular formula is C16H28N4. The van der Waals surface area contributed by atoms with E-state index in [9.17, 15) is 0 Å². The molecule has 0 bridgehead atoms. The Bertz CT molecular complexity index is 399. The Morgan fingerprint density at radius 2 is 1.95 bits per heavy atom. The summed E-state index contributed by atoms with van der Waals surface area (Å²) in [6, 6.07) is 2.58. The minimum absolute atomic E-state index is 0.554. The first-order chi connectivity index (χ1) is 9.78. The van der Waals surface area contributed by atoms with E-state index in [1.54, 1.807) is 0 Å². The van der Waals surface area contributed by atoms with Crippen LogP contribution in [0.25, 0.3) is 0 Å². The number of unbranched alkanes of at least 4 members (excludes halogenated alkanes) is 2. The number of nitrogens with one attached hydrogen (secondary N) is 2. The van der Waals surface area contributed by atoms with Crippen molar-refractivity contribution in [3.05, 3.63) is 11.8 Å². The van der Waals surface area contributed by atoms with Gasteiger partial charge >= 0.3 is 0 Å². The van der Waals surface area contributed by atoms with Crippen molar-refractivity contribution < 1.29 is 0 Å². The molecule has 1 aliphatic carbocycles. The molecule has 0 saturated heterocycles. The molecule has 1 aromatic heterocycles. The molecule has 2 N–H and O–H groups in total. The molecule has 2 rings (SSSR count). The van der Waals surface area contributed by atoms with Gasteiger partial charge in [0.1, 0.15) is 5.82 Å². The molecule has 1 aliphatic rings. The highest BCUT2D eigenvalue weighted by Crippen LogP contribution is 2.21. The molecule has 0 atom stereocenters. The predicted molar refractivity (Wildman–Crippen MR) is 85.3 cm³/mol. The smallest absolute Gasteiger partial charge is 0.225 e. The average Bonchev–Trinajstić information content (AvgIpc) is 2.44. The zero-order valence-electron chi connectivity index (χ0n) is 12.9. The minimum Gasteiger partial charge on any atom is -0.370 e. The van der Waals surface area contributed by atoms with Gasteiger partial charge in [0.25, 0.3) is 0 Å². The van der Waals surface area contributed by atoms with Gasteiger partial charge in [-0.05, 0) is 26.2 Å². The normalized spacial score (nSPS) is 16.1. The molecule has 0 amide bonds. The van der Waals surface area contributed by atoms with E-state index in [0.29, 0.717) is 6.04 Å². The quantitative estimate of drug-likeness (QED) is 0.735. The average molecular weight is 276 g/mol. The molecule has 1 fully saturated rings. The van der Waals surface area contributed by atoms with Crippen LogP contribution in [0.5, 0.6) is 0 Å². The van der Waals surface area contributed by atoms with Crippen molar-refractivity contribution in [1.29, 1.82) is 0 Å². The Kier molecular flexibility index (Phi) is 6.09. The van der Waals surface area contributed by atoms with Crippen LogP contribution < -0.4 is 10.6 Å². The maximum absolute atomic E-state index is 4.59. The third-order valence-corrected chi connectivity index (χ3v) is 3.88.